The first-order valence-corrected chi connectivity index (χ1v) is 8.39. The van der Waals surface area contributed by atoms with Gasteiger partial charge in [0, 0.05) is 17.0 Å². The van der Waals surface area contributed by atoms with E-state index in [0.717, 1.165) is 22.5 Å². The van der Waals surface area contributed by atoms with Crippen molar-refractivity contribution in [1.29, 1.82) is 0 Å². The third-order valence-electron chi connectivity index (χ3n) is 3.74. The lowest BCUT2D eigenvalue weighted by Crippen LogP contribution is -2.25. The van der Waals surface area contributed by atoms with E-state index in [4.69, 9.17) is 0 Å². The number of carbonyl (C=O) groups is 1. The summed E-state index contributed by atoms with van der Waals surface area (Å²) in [6, 6.07) is 12.0. The van der Waals surface area contributed by atoms with Crippen molar-refractivity contribution in [1.82, 2.24) is 5.43 Å². The molecule has 0 fully saturated rings. The summed E-state index contributed by atoms with van der Waals surface area (Å²) in [5, 5.41) is 7.82. The minimum absolute atomic E-state index is 0.0183. The van der Waals surface area contributed by atoms with Crippen molar-refractivity contribution < 1.29 is 9.18 Å². The lowest BCUT2D eigenvalue weighted by molar-refractivity contribution is -0.115. The zero-order chi connectivity index (χ0) is 16.5. The number of amidine groups is 1. The monoisotopic (exact) mass is 340 g/mol. The highest BCUT2D eigenvalue weighted by atomic mass is 32.2. The van der Waals surface area contributed by atoms with Crippen LogP contribution in [-0.4, -0.2) is 22.5 Å². The molecular formula is C17H13FN4OS. The highest BCUT2D eigenvalue weighted by Gasteiger charge is 2.20. The molecule has 24 heavy (non-hydrogen) atoms. The van der Waals surface area contributed by atoms with Crippen LogP contribution in [0.3, 0.4) is 0 Å². The minimum Gasteiger partial charge on any atom is -0.326 e. The molecule has 0 saturated heterocycles. The SMILES string of the molecule is O=C1Cc2ccc(C3=NNC(=Nc4cccc(F)c4)SC3)cc2N1. The van der Waals surface area contributed by atoms with Crippen LogP contribution in [0.15, 0.2) is 52.6 Å². The first kappa shape index (κ1) is 14.9. The summed E-state index contributed by atoms with van der Waals surface area (Å²) in [5.41, 5.74) is 7.14. The quantitative estimate of drug-likeness (QED) is 0.883. The van der Waals surface area contributed by atoms with E-state index in [1.807, 2.05) is 18.2 Å². The lowest BCUT2D eigenvalue weighted by atomic mass is 10.1. The van der Waals surface area contributed by atoms with Crippen molar-refractivity contribution in [2.75, 3.05) is 11.1 Å². The van der Waals surface area contributed by atoms with Crippen LogP contribution in [0, 0.1) is 5.82 Å². The molecule has 2 heterocycles. The topological polar surface area (TPSA) is 65.8 Å². The maximum atomic E-state index is 13.2. The summed E-state index contributed by atoms with van der Waals surface area (Å²) in [6.07, 6.45) is 0.430. The first-order valence-electron chi connectivity index (χ1n) is 7.40. The van der Waals surface area contributed by atoms with Crippen LogP contribution in [-0.2, 0) is 11.2 Å². The van der Waals surface area contributed by atoms with Gasteiger partial charge in [-0.1, -0.05) is 30.0 Å². The Balaban J connectivity index is 1.53. The van der Waals surface area contributed by atoms with E-state index in [1.165, 1.54) is 23.9 Å². The van der Waals surface area contributed by atoms with Crippen LogP contribution < -0.4 is 10.7 Å². The summed E-state index contributed by atoms with van der Waals surface area (Å²) in [4.78, 5) is 15.8. The summed E-state index contributed by atoms with van der Waals surface area (Å²) in [6.45, 7) is 0. The van der Waals surface area contributed by atoms with Crippen molar-refractivity contribution in [2.24, 2.45) is 10.1 Å². The van der Waals surface area contributed by atoms with Crippen LogP contribution in [0.1, 0.15) is 11.1 Å². The Morgan fingerprint density at radius 2 is 2.12 bits per heavy atom. The summed E-state index contributed by atoms with van der Waals surface area (Å²) in [5.74, 6) is 0.347. The second-order valence-corrected chi connectivity index (χ2v) is 6.42. The molecule has 2 aliphatic heterocycles. The molecule has 0 saturated carbocycles. The Morgan fingerprint density at radius 3 is 2.92 bits per heavy atom. The number of anilines is 1. The molecular weight excluding hydrogens is 327 g/mol. The highest BCUT2D eigenvalue weighted by molar-refractivity contribution is 8.14. The molecule has 0 unspecified atom stereocenters. The number of hydrazone groups is 1. The Kier molecular flexibility index (Phi) is 3.78. The highest BCUT2D eigenvalue weighted by Crippen LogP contribution is 2.26. The van der Waals surface area contributed by atoms with E-state index < -0.39 is 0 Å². The fourth-order valence-electron chi connectivity index (χ4n) is 2.58. The second-order valence-electron chi connectivity index (χ2n) is 5.45. The molecule has 0 bridgehead atoms. The third-order valence-corrected chi connectivity index (χ3v) is 4.61. The van der Waals surface area contributed by atoms with E-state index in [1.54, 1.807) is 12.1 Å². The number of halogens is 1. The van der Waals surface area contributed by atoms with Gasteiger partial charge < -0.3 is 5.32 Å². The van der Waals surface area contributed by atoms with E-state index in [0.29, 0.717) is 23.0 Å². The Labute approximate surface area is 142 Å². The second kappa shape index (κ2) is 6.09. The van der Waals surface area contributed by atoms with Crippen LogP contribution >= 0.6 is 11.8 Å². The number of amides is 1. The van der Waals surface area contributed by atoms with Crippen molar-refractivity contribution in [3.05, 3.63) is 59.4 Å². The summed E-state index contributed by atoms with van der Waals surface area (Å²) in [7, 11) is 0. The fourth-order valence-corrected chi connectivity index (χ4v) is 3.36. The van der Waals surface area contributed by atoms with Gasteiger partial charge in [-0.15, -0.1) is 0 Å². The number of nitrogens with one attached hydrogen (secondary N) is 2. The van der Waals surface area contributed by atoms with E-state index in [9.17, 15) is 9.18 Å². The van der Waals surface area contributed by atoms with Gasteiger partial charge in [0.1, 0.15) is 5.82 Å². The molecule has 0 aromatic heterocycles. The standard InChI is InChI=1S/C17H13FN4OS/c18-12-2-1-3-13(8-12)19-17-22-21-15(9-24-17)10-4-5-11-7-16(23)20-14(11)6-10/h1-6,8H,7,9H2,(H,19,22)(H,20,23). The van der Waals surface area contributed by atoms with Crippen molar-refractivity contribution in [2.45, 2.75) is 6.42 Å². The van der Waals surface area contributed by atoms with Gasteiger partial charge in [0.05, 0.1) is 17.8 Å². The number of fused-ring (bicyclic) bond motifs is 1. The zero-order valence-electron chi connectivity index (χ0n) is 12.5. The number of aliphatic imine (C=N–C) groups is 1. The van der Waals surface area contributed by atoms with Crippen LogP contribution in [0.2, 0.25) is 0 Å². The maximum absolute atomic E-state index is 13.2. The molecule has 0 radical (unpaired) electrons. The summed E-state index contributed by atoms with van der Waals surface area (Å²) >= 11 is 1.50. The number of hydrogen-bond donors (Lipinski definition) is 2. The van der Waals surface area contributed by atoms with Crippen LogP contribution in [0.4, 0.5) is 15.8 Å². The van der Waals surface area contributed by atoms with Crippen molar-refractivity contribution in [3.8, 4) is 0 Å². The van der Waals surface area contributed by atoms with E-state index in [2.05, 4.69) is 20.8 Å². The molecule has 2 aliphatic rings. The normalized spacial score (nSPS) is 18.0. The van der Waals surface area contributed by atoms with Gasteiger partial charge in [0.2, 0.25) is 5.91 Å². The Morgan fingerprint density at radius 1 is 1.21 bits per heavy atom. The molecule has 1 amide bonds. The predicted molar refractivity (Wildman–Crippen MR) is 94.4 cm³/mol. The lowest BCUT2D eigenvalue weighted by Gasteiger charge is -2.15. The first-order chi connectivity index (χ1) is 11.7. The average Bonchev–Trinajstić information content (AvgIpc) is 2.95. The van der Waals surface area contributed by atoms with Gasteiger partial charge >= 0.3 is 0 Å². The zero-order valence-corrected chi connectivity index (χ0v) is 13.4. The number of nitrogens with zero attached hydrogens (tertiary/aromatic N) is 2. The molecule has 0 spiro atoms. The van der Waals surface area contributed by atoms with E-state index in [-0.39, 0.29) is 11.7 Å². The Hall–Kier alpha value is -2.67. The molecule has 7 heteroatoms. The van der Waals surface area contributed by atoms with Gasteiger partial charge in [-0.3, -0.25) is 10.2 Å². The molecule has 4 rings (SSSR count). The fraction of sp³-hybridized carbons (Fsp3) is 0.118. The molecule has 5 nitrogen and oxygen atoms in total. The molecule has 0 aliphatic carbocycles. The van der Waals surface area contributed by atoms with Gasteiger partial charge in [0.25, 0.3) is 0 Å². The number of hydrogen-bond acceptors (Lipinski definition) is 4. The van der Waals surface area contributed by atoms with E-state index >= 15 is 0 Å². The van der Waals surface area contributed by atoms with Crippen molar-refractivity contribution >= 4 is 39.9 Å². The number of benzene rings is 2. The largest absolute Gasteiger partial charge is 0.326 e. The van der Waals surface area contributed by atoms with Crippen LogP contribution in [0.5, 0.6) is 0 Å². The molecule has 0 atom stereocenters. The molecule has 2 aromatic rings. The Bertz CT molecular complexity index is 894. The van der Waals surface area contributed by atoms with Gasteiger partial charge in [-0.2, -0.15) is 5.10 Å². The number of rotatable bonds is 2. The molecule has 2 N–H and O–H groups in total. The van der Waals surface area contributed by atoms with Crippen LogP contribution in [0.25, 0.3) is 0 Å². The summed E-state index contributed by atoms with van der Waals surface area (Å²) < 4.78 is 13.2. The minimum atomic E-state index is -0.318. The third kappa shape index (κ3) is 3.03. The number of thioether (sulfide) groups is 1. The smallest absolute Gasteiger partial charge is 0.228 e. The molecule has 2 aromatic carbocycles. The van der Waals surface area contributed by atoms with Gasteiger partial charge in [-0.05, 0) is 29.8 Å². The molecule has 120 valence electrons. The average molecular weight is 340 g/mol. The predicted octanol–water partition coefficient (Wildman–Crippen LogP) is 3.05. The number of carbonyl (C=O) groups excluding carboxylic acids is 1. The van der Waals surface area contributed by atoms with Gasteiger partial charge in [0.15, 0.2) is 5.17 Å². The van der Waals surface area contributed by atoms with Gasteiger partial charge in [-0.25, -0.2) is 9.38 Å². The van der Waals surface area contributed by atoms with Crippen molar-refractivity contribution in [3.63, 3.8) is 0 Å². The maximum Gasteiger partial charge on any atom is 0.228 e.